The monoisotopic (exact) mass is 565 g/mol. The Morgan fingerprint density at radius 2 is 0.864 bits per heavy atom. The van der Waals surface area contributed by atoms with E-state index in [2.05, 4.69) is 36.4 Å². The predicted octanol–water partition coefficient (Wildman–Crippen LogP) is 10.3. The van der Waals surface area contributed by atoms with Crippen molar-refractivity contribution in [1.29, 1.82) is 0 Å². The molecule has 0 aliphatic heterocycles. The van der Waals surface area contributed by atoms with Crippen LogP contribution < -0.4 is 0 Å². The molecule has 0 bridgehead atoms. The van der Waals surface area contributed by atoms with Crippen molar-refractivity contribution in [2.24, 2.45) is 0 Å². The van der Waals surface area contributed by atoms with E-state index in [4.69, 9.17) is 23.8 Å². The van der Waals surface area contributed by atoms with Crippen LogP contribution in [0.25, 0.3) is 89.2 Å². The first kappa shape index (κ1) is 24.5. The Labute approximate surface area is 252 Å². The molecule has 0 aliphatic carbocycles. The second-order valence-corrected chi connectivity index (χ2v) is 10.8. The van der Waals surface area contributed by atoms with E-state index in [1.807, 2.05) is 103 Å². The predicted molar refractivity (Wildman–Crippen MR) is 176 cm³/mol. The fraction of sp³-hybridized carbons (Fsp3) is 0. The molecular formula is C39H23N3O2. The highest BCUT2D eigenvalue weighted by atomic mass is 16.3. The summed E-state index contributed by atoms with van der Waals surface area (Å²) in [6, 6.07) is 46.9. The van der Waals surface area contributed by atoms with Gasteiger partial charge in [0.15, 0.2) is 17.5 Å². The molecule has 0 spiro atoms. The van der Waals surface area contributed by atoms with Crippen molar-refractivity contribution in [2.45, 2.75) is 0 Å². The van der Waals surface area contributed by atoms with Crippen LogP contribution in [0.15, 0.2) is 148 Å². The molecule has 5 nitrogen and oxygen atoms in total. The number of rotatable bonds is 4. The smallest absolute Gasteiger partial charge is 0.164 e. The molecule has 44 heavy (non-hydrogen) atoms. The Morgan fingerprint density at radius 1 is 0.341 bits per heavy atom. The van der Waals surface area contributed by atoms with Gasteiger partial charge in [-0.3, -0.25) is 0 Å². The first-order valence-corrected chi connectivity index (χ1v) is 14.5. The Kier molecular flexibility index (Phi) is 5.43. The molecular weight excluding hydrogens is 542 g/mol. The average molecular weight is 566 g/mol. The van der Waals surface area contributed by atoms with E-state index in [0.29, 0.717) is 17.5 Å². The third-order valence-corrected chi connectivity index (χ3v) is 8.15. The lowest BCUT2D eigenvalue weighted by Gasteiger charge is -2.09. The first-order chi connectivity index (χ1) is 21.8. The number of benzene rings is 6. The third kappa shape index (κ3) is 3.91. The molecule has 5 heteroatoms. The molecule has 9 rings (SSSR count). The third-order valence-electron chi connectivity index (χ3n) is 8.15. The Bertz CT molecular complexity index is 2440. The van der Waals surface area contributed by atoms with E-state index in [1.165, 1.54) is 0 Å². The maximum atomic E-state index is 6.49. The van der Waals surface area contributed by atoms with Crippen LogP contribution in [-0.2, 0) is 0 Å². The quantitative estimate of drug-likeness (QED) is 0.212. The lowest BCUT2D eigenvalue weighted by atomic mass is 9.98. The van der Waals surface area contributed by atoms with Gasteiger partial charge >= 0.3 is 0 Å². The number of aromatic nitrogens is 3. The minimum absolute atomic E-state index is 0.602. The second kappa shape index (κ2) is 9.75. The zero-order valence-electron chi connectivity index (χ0n) is 23.4. The molecule has 9 aromatic rings. The zero-order valence-corrected chi connectivity index (χ0v) is 23.4. The molecule has 0 radical (unpaired) electrons. The minimum atomic E-state index is 0.602. The number of hydrogen-bond donors (Lipinski definition) is 0. The zero-order chi connectivity index (χ0) is 29.0. The Balaban J connectivity index is 1.25. The first-order valence-electron chi connectivity index (χ1n) is 14.5. The van der Waals surface area contributed by atoms with Crippen LogP contribution in [0.2, 0.25) is 0 Å². The molecule has 0 atom stereocenters. The SMILES string of the molecule is c1ccc(-c2nc(-c3ccccc3)nc(-c3cccc4oc5cc(-c6cccc7oc8ccccc8c67)ccc5c34)n2)cc1. The van der Waals surface area contributed by atoms with E-state index in [0.717, 1.165) is 71.7 Å². The van der Waals surface area contributed by atoms with Gasteiger partial charge in [0.05, 0.1) is 0 Å². The highest BCUT2D eigenvalue weighted by molar-refractivity contribution is 6.15. The number of furan rings is 2. The normalized spacial score (nSPS) is 11.6. The van der Waals surface area contributed by atoms with Crippen LogP contribution in [-0.4, -0.2) is 15.0 Å². The topological polar surface area (TPSA) is 65.0 Å². The molecule has 0 aliphatic rings. The number of para-hydroxylation sites is 1. The molecule has 3 heterocycles. The molecule has 0 amide bonds. The van der Waals surface area contributed by atoms with E-state index < -0.39 is 0 Å². The number of fused-ring (bicyclic) bond motifs is 6. The standard InChI is InChI=1S/C39H23N3O2/c1-3-11-24(12-4-1)37-40-38(25-13-5-2-6-14-25)42-39(41-37)30-17-10-20-33-36(30)29-22-21-26(23-34(29)44-33)27-16-9-19-32-35(27)28-15-7-8-18-31(28)43-32/h1-23H. The van der Waals surface area contributed by atoms with Crippen molar-refractivity contribution in [3.63, 3.8) is 0 Å². The number of hydrogen-bond acceptors (Lipinski definition) is 5. The van der Waals surface area contributed by atoms with Crippen molar-refractivity contribution in [3.05, 3.63) is 140 Å². The van der Waals surface area contributed by atoms with Gasteiger partial charge in [0.2, 0.25) is 0 Å². The van der Waals surface area contributed by atoms with Gasteiger partial charge in [-0.1, -0.05) is 109 Å². The summed E-state index contributed by atoms with van der Waals surface area (Å²) >= 11 is 0. The van der Waals surface area contributed by atoms with Crippen molar-refractivity contribution in [1.82, 2.24) is 15.0 Å². The van der Waals surface area contributed by atoms with Crippen LogP contribution >= 0.6 is 0 Å². The second-order valence-electron chi connectivity index (χ2n) is 10.8. The fourth-order valence-electron chi connectivity index (χ4n) is 6.12. The maximum absolute atomic E-state index is 6.49. The van der Waals surface area contributed by atoms with Gasteiger partial charge in [-0.15, -0.1) is 0 Å². The molecule has 3 aromatic heterocycles. The van der Waals surface area contributed by atoms with Gasteiger partial charge in [0, 0.05) is 38.2 Å². The van der Waals surface area contributed by atoms with E-state index in [9.17, 15) is 0 Å². The minimum Gasteiger partial charge on any atom is -0.456 e. The molecule has 206 valence electrons. The Hall–Kier alpha value is -6.07. The highest BCUT2D eigenvalue weighted by Crippen LogP contribution is 2.41. The van der Waals surface area contributed by atoms with Crippen LogP contribution in [0.1, 0.15) is 0 Å². The van der Waals surface area contributed by atoms with Gasteiger partial charge in [-0.2, -0.15) is 0 Å². The molecule has 0 saturated carbocycles. The highest BCUT2D eigenvalue weighted by Gasteiger charge is 2.19. The van der Waals surface area contributed by atoms with Crippen LogP contribution in [0.3, 0.4) is 0 Å². The summed E-state index contributed by atoms with van der Waals surface area (Å²) < 4.78 is 12.6. The van der Waals surface area contributed by atoms with Gasteiger partial charge in [0.25, 0.3) is 0 Å². The fourth-order valence-corrected chi connectivity index (χ4v) is 6.12. The van der Waals surface area contributed by atoms with Crippen molar-refractivity contribution >= 4 is 43.9 Å². The summed E-state index contributed by atoms with van der Waals surface area (Å²) in [5.41, 5.74) is 8.26. The van der Waals surface area contributed by atoms with Crippen molar-refractivity contribution in [2.75, 3.05) is 0 Å². The number of nitrogens with zero attached hydrogens (tertiary/aromatic N) is 3. The Morgan fingerprint density at radius 3 is 1.57 bits per heavy atom. The lowest BCUT2D eigenvalue weighted by Crippen LogP contribution is -2.00. The van der Waals surface area contributed by atoms with E-state index in [1.54, 1.807) is 0 Å². The molecule has 6 aromatic carbocycles. The molecule has 0 saturated heterocycles. The van der Waals surface area contributed by atoms with Gasteiger partial charge in [-0.25, -0.2) is 15.0 Å². The average Bonchev–Trinajstić information content (AvgIpc) is 3.67. The van der Waals surface area contributed by atoms with Crippen molar-refractivity contribution < 1.29 is 8.83 Å². The lowest BCUT2D eigenvalue weighted by molar-refractivity contribution is 0.668. The van der Waals surface area contributed by atoms with E-state index in [-0.39, 0.29) is 0 Å². The van der Waals surface area contributed by atoms with Crippen LogP contribution in [0.5, 0.6) is 0 Å². The van der Waals surface area contributed by atoms with E-state index >= 15 is 0 Å². The van der Waals surface area contributed by atoms with Crippen LogP contribution in [0, 0.1) is 0 Å². The summed E-state index contributed by atoms with van der Waals surface area (Å²) in [5, 5.41) is 4.19. The summed E-state index contributed by atoms with van der Waals surface area (Å²) in [5.74, 6) is 1.86. The summed E-state index contributed by atoms with van der Waals surface area (Å²) in [7, 11) is 0. The largest absolute Gasteiger partial charge is 0.456 e. The van der Waals surface area contributed by atoms with Gasteiger partial charge in [-0.05, 0) is 41.5 Å². The van der Waals surface area contributed by atoms with Gasteiger partial charge < -0.3 is 8.83 Å². The van der Waals surface area contributed by atoms with Gasteiger partial charge in [0.1, 0.15) is 22.3 Å². The maximum Gasteiger partial charge on any atom is 0.164 e. The summed E-state index contributed by atoms with van der Waals surface area (Å²) in [4.78, 5) is 14.8. The summed E-state index contributed by atoms with van der Waals surface area (Å²) in [6.45, 7) is 0. The summed E-state index contributed by atoms with van der Waals surface area (Å²) in [6.07, 6.45) is 0. The van der Waals surface area contributed by atoms with Crippen molar-refractivity contribution in [3.8, 4) is 45.3 Å². The molecule has 0 N–H and O–H groups in total. The van der Waals surface area contributed by atoms with Crippen LogP contribution in [0.4, 0.5) is 0 Å². The molecule has 0 fully saturated rings. The molecule has 0 unspecified atom stereocenters.